The molecule has 80 valence electrons. The Balaban J connectivity index is 2.16. The predicted molar refractivity (Wildman–Crippen MR) is 53.6 cm³/mol. The average molecular weight is 210 g/mol. The molecule has 0 radical (unpaired) electrons. The highest BCUT2D eigenvalue weighted by Gasteiger charge is 2.03. The van der Waals surface area contributed by atoms with E-state index in [4.69, 9.17) is 9.47 Å². The van der Waals surface area contributed by atoms with Crippen molar-refractivity contribution >= 4 is 11.0 Å². The van der Waals surface area contributed by atoms with E-state index in [9.17, 15) is 4.48 Å². The van der Waals surface area contributed by atoms with Gasteiger partial charge in [-0.2, -0.15) is 4.79 Å². The molecule has 0 aromatic carbocycles. The largest absolute Gasteiger partial charge is 0.490 e. The molecule has 2 rings (SSSR count). The van der Waals surface area contributed by atoms with Gasteiger partial charge in [0.2, 0.25) is 0 Å². The van der Waals surface area contributed by atoms with Crippen molar-refractivity contribution in [1.82, 2.24) is 9.77 Å². The van der Waals surface area contributed by atoms with Crippen molar-refractivity contribution in [3.8, 4) is 5.75 Å². The van der Waals surface area contributed by atoms with Gasteiger partial charge in [0, 0.05) is 18.7 Å². The molecule has 5 heteroatoms. The Kier molecular flexibility index (Phi) is 2.82. The summed E-state index contributed by atoms with van der Waals surface area (Å²) in [6.07, 6.45) is 2.81. The monoisotopic (exact) mass is 210 g/mol. The first-order chi connectivity index (χ1) is 7.31. The lowest BCUT2D eigenvalue weighted by atomic mass is 10.3. The molecule has 4 nitrogen and oxygen atoms in total. The number of aromatic nitrogens is 2. The first kappa shape index (κ1) is 9.92. The topological polar surface area (TPSA) is 36.3 Å². The van der Waals surface area contributed by atoms with Crippen LogP contribution in [0.4, 0.5) is 4.48 Å². The maximum atomic E-state index is 13.0. The highest BCUT2D eigenvalue weighted by molar-refractivity contribution is 5.77. The van der Waals surface area contributed by atoms with Crippen LogP contribution >= 0.6 is 0 Å². The van der Waals surface area contributed by atoms with E-state index >= 15 is 0 Å². The van der Waals surface area contributed by atoms with Crippen molar-refractivity contribution in [1.29, 1.82) is 0 Å². The van der Waals surface area contributed by atoms with Gasteiger partial charge in [0.25, 0.3) is 0 Å². The van der Waals surface area contributed by atoms with E-state index in [1.165, 1.54) is 12.4 Å². The molecule has 0 aliphatic rings. The second kappa shape index (κ2) is 4.27. The number of methoxy groups -OCH3 is 1. The van der Waals surface area contributed by atoms with Crippen molar-refractivity contribution in [2.45, 2.75) is 0 Å². The molecule has 0 bridgehead atoms. The minimum atomic E-state index is 0.300. The maximum Gasteiger partial charge on any atom is 0.170 e. The summed E-state index contributed by atoms with van der Waals surface area (Å²) >= 11 is 0. The second-order valence-electron chi connectivity index (χ2n) is 3.05. The molecule has 0 saturated heterocycles. The lowest BCUT2D eigenvalue weighted by Crippen LogP contribution is -2.04. The van der Waals surface area contributed by atoms with E-state index in [1.54, 1.807) is 19.2 Å². The number of ether oxygens (including phenoxy) is 2. The molecule has 0 fully saturated rings. The highest BCUT2D eigenvalue weighted by atomic mass is 19.2. The van der Waals surface area contributed by atoms with Crippen molar-refractivity contribution in [2.75, 3.05) is 20.3 Å². The molecule has 0 atom stereocenters. The minimum Gasteiger partial charge on any atom is -0.490 e. The Labute approximate surface area is 86.2 Å². The molecule has 0 unspecified atom stereocenters. The fraction of sp³-hybridized carbons (Fsp3) is 0.300. The van der Waals surface area contributed by atoms with Gasteiger partial charge >= 0.3 is 0 Å². The molecule has 2 heterocycles. The van der Waals surface area contributed by atoms with E-state index in [0.29, 0.717) is 34.8 Å². The number of hydrogen-bond donors (Lipinski definition) is 0. The van der Waals surface area contributed by atoms with E-state index in [2.05, 4.69) is 4.98 Å². The number of pyridine rings is 1. The van der Waals surface area contributed by atoms with Gasteiger partial charge in [-0.15, -0.1) is 0 Å². The van der Waals surface area contributed by atoms with Gasteiger partial charge in [-0.3, -0.25) is 0 Å². The Hall–Kier alpha value is -1.62. The standard InChI is InChI=1S/C10H11FN2O2/c1-14-4-5-15-9-6-8-2-3-13(11)10(8)12-7-9/h2-3,6-7H,4-5H2,1H3. The summed E-state index contributed by atoms with van der Waals surface area (Å²) in [4.78, 5) is 4.42. The third-order valence-electron chi connectivity index (χ3n) is 2.01. The van der Waals surface area contributed by atoms with Crippen LogP contribution in [0, 0.1) is 0 Å². The van der Waals surface area contributed by atoms with Gasteiger partial charge in [0.05, 0.1) is 12.8 Å². The lowest BCUT2D eigenvalue weighted by Gasteiger charge is -2.04. The van der Waals surface area contributed by atoms with E-state index in [1.807, 2.05) is 0 Å². The number of fused-ring (bicyclic) bond motifs is 1. The molecule has 0 spiro atoms. The van der Waals surface area contributed by atoms with Gasteiger partial charge < -0.3 is 9.47 Å². The molecule has 2 aromatic heterocycles. The van der Waals surface area contributed by atoms with Crippen LogP contribution in [-0.4, -0.2) is 30.1 Å². The summed E-state index contributed by atoms with van der Waals surface area (Å²) in [5.74, 6) is 0.616. The van der Waals surface area contributed by atoms with Crippen LogP contribution in [0.3, 0.4) is 0 Å². The normalized spacial score (nSPS) is 10.8. The zero-order chi connectivity index (χ0) is 10.7. The molecule has 15 heavy (non-hydrogen) atoms. The highest BCUT2D eigenvalue weighted by Crippen LogP contribution is 2.19. The van der Waals surface area contributed by atoms with Crippen LogP contribution < -0.4 is 4.74 Å². The molecule has 0 aliphatic carbocycles. The Morgan fingerprint density at radius 1 is 1.47 bits per heavy atom. The van der Waals surface area contributed by atoms with Gasteiger partial charge in [0.15, 0.2) is 5.65 Å². The Morgan fingerprint density at radius 3 is 3.13 bits per heavy atom. The summed E-state index contributed by atoms with van der Waals surface area (Å²) in [7, 11) is 1.61. The lowest BCUT2D eigenvalue weighted by molar-refractivity contribution is 0.146. The molecule has 2 aromatic rings. The van der Waals surface area contributed by atoms with Crippen LogP contribution in [0.15, 0.2) is 24.5 Å². The first-order valence-electron chi connectivity index (χ1n) is 4.56. The summed E-state index contributed by atoms with van der Waals surface area (Å²) < 4.78 is 23.2. The molecule has 0 aliphatic heterocycles. The van der Waals surface area contributed by atoms with Crippen LogP contribution in [-0.2, 0) is 4.74 Å². The SMILES string of the molecule is COCCOc1cnc2c(ccn2F)c1. The zero-order valence-corrected chi connectivity index (χ0v) is 8.31. The van der Waals surface area contributed by atoms with Crippen LogP contribution in [0.1, 0.15) is 0 Å². The predicted octanol–water partition coefficient (Wildman–Crippen LogP) is 1.79. The van der Waals surface area contributed by atoms with Crippen molar-refractivity contribution in [3.63, 3.8) is 0 Å². The Morgan fingerprint density at radius 2 is 2.33 bits per heavy atom. The fourth-order valence-electron chi connectivity index (χ4n) is 1.29. The van der Waals surface area contributed by atoms with Crippen LogP contribution in [0.5, 0.6) is 5.75 Å². The second-order valence-corrected chi connectivity index (χ2v) is 3.05. The number of hydrogen-bond acceptors (Lipinski definition) is 3. The molecule has 0 N–H and O–H groups in total. The molecule has 0 saturated carbocycles. The van der Waals surface area contributed by atoms with Crippen LogP contribution in [0.25, 0.3) is 11.0 Å². The van der Waals surface area contributed by atoms with E-state index in [-0.39, 0.29) is 0 Å². The summed E-state index contributed by atoms with van der Waals surface area (Å²) in [5.41, 5.74) is 0.300. The van der Waals surface area contributed by atoms with Crippen molar-refractivity contribution < 1.29 is 14.0 Å². The van der Waals surface area contributed by atoms with Gasteiger partial charge in [-0.25, -0.2) is 4.98 Å². The van der Waals surface area contributed by atoms with Crippen molar-refractivity contribution in [3.05, 3.63) is 24.5 Å². The van der Waals surface area contributed by atoms with Crippen molar-refractivity contribution in [2.24, 2.45) is 0 Å². The van der Waals surface area contributed by atoms with Gasteiger partial charge in [0.1, 0.15) is 12.4 Å². The van der Waals surface area contributed by atoms with E-state index in [0.717, 1.165) is 0 Å². The van der Waals surface area contributed by atoms with E-state index < -0.39 is 0 Å². The van der Waals surface area contributed by atoms with Gasteiger partial charge in [-0.05, 0) is 12.1 Å². The van der Waals surface area contributed by atoms with Gasteiger partial charge in [-0.1, -0.05) is 4.48 Å². The van der Waals surface area contributed by atoms with Crippen LogP contribution in [0.2, 0.25) is 0 Å². The fourth-order valence-corrected chi connectivity index (χ4v) is 1.29. The molecular weight excluding hydrogens is 199 g/mol. The first-order valence-corrected chi connectivity index (χ1v) is 4.56. The number of rotatable bonds is 4. The summed E-state index contributed by atoms with van der Waals surface area (Å²) in [5, 5.41) is 0.715. The zero-order valence-electron chi connectivity index (χ0n) is 8.31. The average Bonchev–Trinajstić information content (AvgIpc) is 2.61. The number of halogens is 1. The maximum absolute atomic E-state index is 13.0. The smallest absolute Gasteiger partial charge is 0.170 e. The molecule has 0 amide bonds. The summed E-state index contributed by atoms with van der Waals surface area (Å²) in [6.45, 7) is 0.974. The third-order valence-corrected chi connectivity index (χ3v) is 2.01. The quantitative estimate of drug-likeness (QED) is 0.722. The minimum absolute atomic E-state index is 0.300. The summed E-state index contributed by atoms with van der Waals surface area (Å²) in [6, 6.07) is 3.39. The third kappa shape index (κ3) is 2.07. The molecular formula is C10H11FN2O2. The Bertz CT molecular complexity index is 456. The number of nitrogens with zero attached hydrogens (tertiary/aromatic N) is 2.